The minimum absolute atomic E-state index is 0.0204. The van der Waals surface area contributed by atoms with E-state index in [9.17, 15) is 9.59 Å². The van der Waals surface area contributed by atoms with Gasteiger partial charge in [0.15, 0.2) is 0 Å². The number of carbonyl (C=O) groups excluding carboxylic acids is 1. The maximum absolute atomic E-state index is 11.9. The molecule has 1 aromatic rings. The van der Waals surface area contributed by atoms with Crippen molar-refractivity contribution < 1.29 is 14.7 Å². The first-order valence-electron chi connectivity index (χ1n) is 6.58. The molecule has 19 heavy (non-hydrogen) atoms. The number of nitrogens with one attached hydrogen (secondary N) is 1. The third-order valence-corrected chi connectivity index (χ3v) is 2.87. The van der Waals surface area contributed by atoms with Gasteiger partial charge >= 0.3 is 5.97 Å². The molecule has 0 aromatic heterocycles. The fourth-order valence-electron chi connectivity index (χ4n) is 2.07. The fraction of sp³-hybridized carbons (Fsp3) is 0.467. The SMILES string of the molecule is CCCC(CC(=O)O)NC(=O)Cc1cccc(C)c1. The molecule has 1 amide bonds. The van der Waals surface area contributed by atoms with Crippen LogP contribution in [-0.2, 0) is 16.0 Å². The quantitative estimate of drug-likeness (QED) is 0.793. The number of carboxylic acid groups (broad SMARTS) is 1. The summed E-state index contributed by atoms with van der Waals surface area (Å²) in [6.45, 7) is 3.95. The van der Waals surface area contributed by atoms with E-state index in [-0.39, 0.29) is 18.4 Å². The van der Waals surface area contributed by atoms with Crippen LogP contribution in [0.15, 0.2) is 24.3 Å². The third-order valence-electron chi connectivity index (χ3n) is 2.87. The van der Waals surface area contributed by atoms with Gasteiger partial charge in [-0.05, 0) is 18.9 Å². The fourth-order valence-corrected chi connectivity index (χ4v) is 2.07. The van der Waals surface area contributed by atoms with Crippen LogP contribution in [0.1, 0.15) is 37.3 Å². The van der Waals surface area contributed by atoms with Crippen LogP contribution in [0.25, 0.3) is 0 Å². The molecule has 104 valence electrons. The molecule has 0 bridgehead atoms. The highest BCUT2D eigenvalue weighted by molar-refractivity contribution is 5.79. The van der Waals surface area contributed by atoms with Crippen LogP contribution >= 0.6 is 0 Å². The first-order chi connectivity index (χ1) is 9.01. The second-order valence-electron chi connectivity index (χ2n) is 4.82. The molecule has 0 radical (unpaired) electrons. The molecule has 0 heterocycles. The van der Waals surface area contributed by atoms with Gasteiger partial charge in [0.2, 0.25) is 5.91 Å². The van der Waals surface area contributed by atoms with Crippen molar-refractivity contribution in [2.75, 3.05) is 0 Å². The molecule has 0 aliphatic rings. The van der Waals surface area contributed by atoms with Crippen LogP contribution in [0.4, 0.5) is 0 Å². The topological polar surface area (TPSA) is 66.4 Å². The molecule has 1 aromatic carbocycles. The van der Waals surface area contributed by atoms with Gasteiger partial charge in [0.1, 0.15) is 0 Å². The Hall–Kier alpha value is -1.84. The van der Waals surface area contributed by atoms with Gasteiger partial charge < -0.3 is 10.4 Å². The van der Waals surface area contributed by atoms with Crippen molar-refractivity contribution in [3.05, 3.63) is 35.4 Å². The number of aryl methyl sites for hydroxylation is 1. The number of aliphatic carboxylic acids is 1. The van der Waals surface area contributed by atoms with Crippen LogP contribution in [-0.4, -0.2) is 23.0 Å². The molecule has 0 aliphatic heterocycles. The molecule has 0 saturated carbocycles. The van der Waals surface area contributed by atoms with Gasteiger partial charge in [-0.15, -0.1) is 0 Å². The number of hydrogen-bond acceptors (Lipinski definition) is 2. The Kier molecular flexibility index (Phi) is 6.06. The lowest BCUT2D eigenvalue weighted by Crippen LogP contribution is -2.37. The number of amides is 1. The highest BCUT2D eigenvalue weighted by Gasteiger charge is 2.15. The molecule has 4 nitrogen and oxygen atoms in total. The number of benzene rings is 1. The lowest BCUT2D eigenvalue weighted by Gasteiger charge is -2.16. The van der Waals surface area contributed by atoms with Crippen molar-refractivity contribution in [2.45, 2.75) is 45.6 Å². The van der Waals surface area contributed by atoms with Crippen molar-refractivity contribution in [2.24, 2.45) is 0 Å². The van der Waals surface area contributed by atoms with Crippen molar-refractivity contribution in [1.29, 1.82) is 0 Å². The van der Waals surface area contributed by atoms with E-state index in [0.717, 1.165) is 17.5 Å². The second kappa shape index (κ2) is 7.56. The van der Waals surface area contributed by atoms with Crippen molar-refractivity contribution in [3.63, 3.8) is 0 Å². The number of carboxylic acids is 1. The van der Waals surface area contributed by atoms with Crippen molar-refractivity contribution >= 4 is 11.9 Å². The summed E-state index contributed by atoms with van der Waals surface area (Å²) in [4.78, 5) is 22.6. The van der Waals surface area contributed by atoms with E-state index in [1.807, 2.05) is 38.1 Å². The average molecular weight is 263 g/mol. The highest BCUT2D eigenvalue weighted by atomic mass is 16.4. The van der Waals surface area contributed by atoms with E-state index in [1.165, 1.54) is 0 Å². The summed E-state index contributed by atoms with van der Waals surface area (Å²) in [7, 11) is 0. The van der Waals surface area contributed by atoms with Gasteiger partial charge in [0, 0.05) is 6.04 Å². The monoisotopic (exact) mass is 263 g/mol. The Morgan fingerprint density at radius 3 is 2.68 bits per heavy atom. The molecular weight excluding hydrogens is 242 g/mol. The van der Waals surface area contributed by atoms with E-state index < -0.39 is 5.97 Å². The molecule has 4 heteroatoms. The molecule has 1 atom stereocenters. The highest BCUT2D eigenvalue weighted by Crippen LogP contribution is 2.06. The van der Waals surface area contributed by atoms with E-state index >= 15 is 0 Å². The summed E-state index contributed by atoms with van der Waals surface area (Å²) < 4.78 is 0. The number of carbonyl (C=O) groups is 2. The standard InChI is InChI=1S/C15H21NO3/c1-3-5-13(10-15(18)19)16-14(17)9-12-7-4-6-11(2)8-12/h4,6-8,13H,3,5,9-10H2,1-2H3,(H,16,17)(H,18,19). The van der Waals surface area contributed by atoms with Crippen LogP contribution in [0.5, 0.6) is 0 Å². The molecule has 1 unspecified atom stereocenters. The van der Waals surface area contributed by atoms with Gasteiger partial charge in [0.05, 0.1) is 12.8 Å². The zero-order valence-corrected chi connectivity index (χ0v) is 11.5. The maximum Gasteiger partial charge on any atom is 0.305 e. The van der Waals surface area contributed by atoms with Crippen LogP contribution < -0.4 is 5.32 Å². The van der Waals surface area contributed by atoms with Gasteiger partial charge in [0.25, 0.3) is 0 Å². The van der Waals surface area contributed by atoms with E-state index in [1.54, 1.807) is 0 Å². The minimum Gasteiger partial charge on any atom is -0.481 e. The minimum atomic E-state index is -0.880. The molecular formula is C15H21NO3. The molecule has 0 fully saturated rings. The molecule has 1 rings (SSSR count). The van der Waals surface area contributed by atoms with Crippen LogP contribution in [0, 0.1) is 6.92 Å². The zero-order valence-electron chi connectivity index (χ0n) is 11.5. The van der Waals surface area contributed by atoms with E-state index in [0.29, 0.717) is 12.8 Å². The Morgan fingerprint density at radius 2 is 2.11 bits per heavy atom. The Balaban J connectivity index is 2.54. The molecule has 0 aliphatic carbocycles. The Labute approximate surface area is 113 Å². The number of hydrogen-bond donors (Lipinski definition) is 2. The van der Waals surface area contributed by atoms with Gasteiger partial charge in [-0.3, -0.25) is 9.59 Å². The van der Waals surface area contributed by atoms with E-state index in [2.05, 4.69) is 5.32 Å². The average Bonchev–Trinajstić information content (AvgIpc) is 2.27. The van der Waals surface area contributed by atoms with Crippen molar-refractivity contribution in [3.8, 4) is 0 Å². The lowest BCUT2D eigenvalue weighted by atomic mass is 10.1. The van der Waals surface area contributed by atoms with Gasteiger partial charge in [-0.2, -0.15) is 0 Å². The summed E-state index contributed by atoms with van der Waals surface area (Å²) in [5, 5.41) is 11.6. The predicted octanol–water partition coefficient (Wildman–Crippen LogP) is 2.30. The van der Waals surface area contributed by atoms with Crippen molar-refractivity contribution in [1.82, 2.24) is 5.32 Å². The lowest BCUT2D eigenvalue weighted by molar-refractivity contribution is -0.137. The summed E-state index contributed by atoms with van der Waals surface area (Å²) in [5.74, 6) is -1.00. The Bertz CT molecular complexity index is 443. The first-order valence-corrected chi connectivity index (χ1v) is 6.58. The summed E-state index contributed by atoms with van der Waals surface area (Å²) >= 11 is 0. The summed E-state index contributed by atoms with van der Waals surface area (Å²) in [6.07, 6.45) is 1.81. The van der Waals surface area contributed by atoms with Gasteiger partial charge in [-0.25, -0.2) is 0 Å². The zero-order chi connectivity index (χ0) is 14.3. The normalized spacial score (nSPS) is 11.9. The molecule has 0 saturated heterocycles. The van der Waals surface area contributed by atoms with Crippen LogP contribution in [0.3, 0.4) is 0 Å². The van der Waals surface area contributed by atoms with Gasteiger partial charge in [-0.1, -0.05) is 43.2 Å². The third kappa shape index (κ3) is 6.04. The Morgan fingerprint density at radius 1 is 1.37 bits per heavy atom. The largest absolute Gasteiger partial charge is 0.481 e. The van der Waals surface area contributed by atoms with Crippen LogP contribution in [0.2, 0.25) is 0 Å². The predicted molar refractivity (Wildman–Crippen MR) is 74.0 cm³/mol. The first kappa shape index (κ1) is 15.2. The maximum atomic E-state index is 11.9. The van der Waals surface area contributed by atoms with E-state index in [4.69, 9.17) is 5.11 Å². The second-order valence-corrected chi connectivity index (χ2v) is 4.82. The number of rotatable bonds is 7. The summed E-state index contributed by atoms with van der Waals surface area (Å²) in [6, 6.07) is 7.48. The summed E-state index contributed by atoms with van der Waals surface area (Å²) in [5.41, 5.74) is 2.06. The molecule has 2 N–H and O–H groups in total. The molecule has 0 spiro atoms. The smallest absolute Gasteiger partial charge is 0.305 e.